The van der Waals surface area contributed by atoms with E-state index in [2.05, 4.69) is 34.5 Å². The molecule has 0 atom stereocenters. The van der Waals surface area contributed by atoms with Crippen LogP contribution in [-0.4, -0.2) is 16.5 Å². The standard InChI is InChI=1S/C16H23N3S/c1-13(2)7-3-5-9-17-11-14-12-20-16(19-14)15-8-4-6-10-18-15/h4,6,8,10,12-13,17H,3,5,7,9,11H2,1-2H3. The van der Waals surface area contributed by atoms with E-state index in [1.165, 1.54) is 19.3 Å². The lowest BCUT2D eigenvalue weighted by Gasteiger charge is -2.05. The van der Waals surface area contributed by atoms with Crippen LogP contribution in [0.15, 0.2) is 29.8 Å². The molecule has 4 heteroatoms. The maximum absolute atomic E-state index is 4.62. The number of rotatable bonds is 8. The van der Waals surface area contributed by atoms with Gasteiger partial charge in [-0.05, 0) is 31.0 Å². The number of nitrogens with zero attached hydrogens (tertiary/aromatic N) is 2. The summed E-state index contributed by atoms with van der Waals surface area (Å²) in [5, 5.41) is 6.58. The molecule has 0 aliphatic heterocycles. The highest BCUT2D eigenvalue weighted by Gasteiger charge is 2.04. The second kappa shape index (κ2) is 8.12. The molecule has 20 heavy (non-hydrogen) atoms. The third-order valence-electron chi connectivity index (χ3n) is 3.13. The van der Waals surface area contributed by atoms with Crippen molar-refractivity contribution in [2.45, 2.75) is 39.7 Å². The van der Waals surface area contributed by atoms with E-state index in [4.69, 9.17) is 0 Å². The molecule has 108 valence electrons. The van der Waals surface area contributed by atoms with Crippen LogP contribution >= 0.6 is 11.3 Å². The van der Waals surface area contributed by atoms with Crippen LogP contribution in [0.4, 0.5) is 0 Å². The molecule has 3 nitrogen and oxygen atoms in total. The van der Waals surface area contributed by atoms with Crippen molar-refractivity contribution in [1.82, 2.24) is 15.3 Å². The Kier molecular flexibility index (Phi) is 6.15. The van der Waals surface area contributed by atoms with Crippen molar-refractivity contribution in [2.75, 3.05) is 6.54 Å². The smallest absolute Gasteiger partial charge is 0.142 e. The number of aromatic nitrogens is 2. The van der Waals surface area contributed by atoms with E-state index >= 15 is 0 Å². The molecule has 0 saturated heterocycles. The summed E-state index contributed by atoms with van der Waals surface area (Å²) in [6.07, 6.45) is 5.68. The fourth-order valence-corrected chi connectivity index (χ4v) is 2.81. The first-order valence-electron chi connectivity index (χ1n) is 7.32. The first kappa shape index (κ1) is 15.1. The minimum atomic E-state index is 0.814. The molecular weight excluding hydrogens is 266 g/mol. The molecule has 0 spiro atoms. The monoisotopic (exact) mass is 289 g/mol. The topological polar surface area (TPSA) is 37.8 Å². The summed E-state index contributed by atoms with van der Waals surface area (Å²) >= 11 is 1.66. The zero-order valence-corrected chi connectivity index (χ0v) is 13.1. The Morgan fingerprint density at radius 1 is 1.25 bits per heavy atom. The first-order chi connectivity index (χ1) is 9.75. The van der Waals surface area contributed by atoms with Crippen molar-refractivity contribution in [1.29, 1.82) is 0 Å². The van der Waals surface area contributed by atoms with Crippen LogP contribution < -0.4 is 5.32 Å². The SMILES string of the molecule is CC(C)CCCCNCc1csc(-c2ccccn2)n1. The fraction of sp³-hybridized carbons (Fsp3) is 0.500. The molecule has 0 aliphatic rings. The molecule has 2 rings (SSSR count). The van der Waals surface area contributed by atoms with Gasteiger partial charge in [-0.15, -0.1) is 11.3 Å². The van der Waals surface area contributed by atoms with Crippen molar-refractivity contribution < 1.29 is 0 Å². The number of hydrogen-bond acceptors (Lipinski definition) is 4. The summed E-state index contributed by atoms with van der Waals surface area (Å²) in [4.78, 5) is 8.95. The maximum Gasteiger partial charge on any atom is 0.142 e. The van der Waals surface area contributed by atoms with Gasteiger partial charge in [0.1, 0.15) is 5.01 Å². The number of unbranched alkanes of at least 4 members (excludes halogenated alkanes) is 1. The van der Waals surface area contributed by atoms with Crippen LogP contribution in [-0.2, 0) is 6.54 Å². The second-order valence-corrected chi connectivity index (χ2v) is 6.28. The highest BCUT2D eigenvalue weighted by molar-refractivity contribution is 7.13. The molecular formula is C16H23N3S. The van der Waals surface area contributed by atoms with Gasteiger partial charge in [0.05, 0.1) is 11.4 Å². The van der Waals surface area contributed by atoms with Gasteiger partial charge < -0.3 is 5.32 Å². The Hall–Kier alpha value is -1.26. The van der Waals surface area contributed by atoms with E-state index in [0.29, 0.717) is 0 Å². The Bertz CT molecular complexity index is 493. The summed E-state index contributed by atoms with van der Waals surface area (Å²) < 4.78 is 0. The lowest BCUT2D eigenvalue weighted by molar-refractivity contribution is 0.520. The molecule has 0 fully saturated rings. The number of nitrogens with one attached hydrogen (secondary N) is 1. The third kappa shape index (κ3) is 5.02. The maximum atomic E-state index is 4.62. The number of pyridine rings is 1. The predicted octanol–water partition coefficient (Wildman–Crippen LogP) is 4.12. The lowest BCUT2D eigenvalue weighted by Crippen LogP contribution is -2.15. The van der Waals surface area contributed by atoms with Crippen LogP contribution in [0.1, 0.15) is 38.8 Å². The Morgan fingerprint density at radius 3 is 2.90 bits per heavy atom. The van der Waals surface area contributed by atoms with Crippen LogP contribution in [0.2, 0.25) is 0 Å². The Balaban J connectivity index is 1.71. The Morgan fingerprint density at radius 2 is 2.15 bits per heavy atom. The van der Waals surface area contributed by atoms with Crippen LogP contribution in [0.5, 0.6) is 0 Å². The summed E-state index contributed by atoms with van der Waals surface area (Å²) in [5.41, 5.74) is 2.07. The van der Waals surface area contributed by atoms with E-state index in [0.717, 1.165) is 35.4 Å². The fourth-order valence-electron chi connectivity index (χ4n) is 2.01. The van der Waals surface area contributed by atoms with Gasteiger partial charge in [-0.3, -0.25) is 4.98 Å². The number of hydrogen-bond donors (Lipinski definition) is 1. The van der Waals surface area contributed by atoms with Crippen LogP contribution in [0.25, 0.3) is 10.7 Å². The van der Waals surface area contributed by atoms with E-state index in [1.807, 2.05) is 24.4 Å². The van der Waals surface area contributed by atoms with Crippen LogP contribution in [0.3, 0.4) is 0 Å². The molecule has 0 amide bonds. The zero-order valence-electron chi connectivity index (χ0n) is 12.3. The van der Waals surface area contributed by atoms with Gasteiger partial charge in [0, 0.05) is 18.1 Å². The summed E-state index contributed by atoms with van der Waals surface area (Å²) in [6, 6.07) is 5.93. The summed E-state index contributed by atoms with van der Waals surface area (Å²) in [5.74, 6) is 0.814. The molecule has 2 heterocycles. The first-order valence-corrected chi connectivity index (χ1v) is 8.20. The third-order valence-corrected chi connectivity index (χ3v) is 4.04. The average Bonchev–Trinajstić information content (AvgIpc) is 2.92. The van der Waals surface area contributed by atoms with E-state index in [-0.39, 0.29) is 0 Å². The molecule has 1 N–H and O–H groups in total. The molecule has 2 aromatic heterocycles. The van der Waals surface area contributed by atoms with Gasteiger partial charge in [0.25, 0.3) is 0 Å². The van der Waals surface area contributed by atoms with Gasteiger partial charge in [-0.25, -0.2) is 4.98 Å². The van der Waals surface area contributed by atoms with E-state index in [9.17, 15) is 0 Å². The molecule has 0 radical (unpaired) electrons. The Labute approximate surface area is 125 Å². The highest BCUT2D eigenvalue weighted by Crippen LogP contribution is 2.21. The van der Waals surface area contributed by atoms with E-state index in [1.54, 1.807) is 11.3 Å². The minimum absolute atomic E-state index is 0.814. The van der Waals surface area contributed by atoms with Crippen molar-refractivity contribution in [3.8, 4) is 10.7 Å². The molecule has 0 aliphatic carbocycles. The number of thiazole rings is 1. The van der Waals surface area contributed by atoms with Gasteiger partial charge in [0.15, 0.2) is 0 Å². The summed E-state index contributed by atoms with van der Waals surface area (Å²) in [6.45, 7) is 6.48. The highest BCUT2D eigenvalue weighted by atomic mass is 32.1. The normalized spacial score (nSPS) is 11.2. The van der Waals surface area contributed by atoms with Crippen molar-refractivity contribution in [3.05, 3.63) is 35.5 Å². The molecule has 0 saturated carbocycles. The van der Waals surface area contributed by atoms with E-state index < -0.39 is 0 Å². The minimum Gasteiger partial charge on any atom is -0.311 e. The molecule has 2 aromatic rings. The van der Waals surface area contributed by atoms with Crippen LogP contribution in [0, 0.1) is 5.92 Å². The van der Waals surface area contributed by atoms with Crippen molar-refractivity contribution >= 4 is 11.3 Å². The molecule has 0 aromatic carbocycles. The molecule has 0 bridgehead atoms. The van der Waals surface area contributed by atoms with Gasteiger partial charge in [-0.2, -0.15) is 0 Å². The zero-order chi connectivity index (χ0) is 14.2. The summed E-state index contributed by atoms with van der Waals surface area (Å²) in [7, 11) is 0. The quantitative estimate of drug-likeness (QED) is 0.743. The van der Waals surface area contributed by atoms with Crippen molar-refractivity contribution in [3.63, 3.8) is 0 Å². The predicted molar refractivity (Wildman–Crippen MR) is 85.7 cm³/mol. The second-order valence-electron chi connectivity index (χ2n) is 5.43. The lowest BCUT2D eigenvalue weighted by atomic mass is 10.1. The van der Waals surface area contributed by atoms with Gasteiger partial charge >= 0.3 is 0 Å². The molecule has 0 unspecified atom stereocenters. The largest absolute Gasteiger partial charge is 0.311 e. The van der Waals surface area contributed by atoms with Gasteiger partial charge in [-0.1, -0.05) is 32.8 Å². The average molecular weight is 289 g/mol. The van der Waals surface area contributed by atoms with Gasteiger partial charge in [0.2, 0.25) is 0 Å². The van der Waals surface area contributed by atoms with Crippen molar-refractivity contribution in [2.24, 2.45) is 5.92 Å².